The zero-order valence-corrected chi connectivity index (χ0v) is 7.63. The van der Waals surface area contributed by atoms with Crippen molar-refractivity contribution in [2.75, 3.05) is 0 Å². The number of halogens is 6. The van der Waals surface area contributed by atoms with Gasteiger partial charge in [-0.2, -0.15) is 13.2 Å². The van der Waals surface area contributed by atoms with E-state index < -0.39 is 40.3 Å². The van der Waals surface area contributed by atoms with Crippen molar-refractivity contribution in [3.63, 3.8) is 0 Å². The highest BCUT2D eigenvalue weighted by atomic mass is 19.4. The van der Waals surface area contributed by atoms with E-state index in [0.29, 0.717) is 0 Å². The summed E-state index contributed by atoms with van der Waals surface area (Å²) in [5.41, 5.74) is -6.14. The van der Waals surface area contributed by atoms with Crippen LogP contribution >= 0.6 is 0 Å². The van der Waals surface area contributed by atoms with E-state index in [1.54, 1.807) is 0 Å². The maximum Gasteiger partial charge on any atom is 0.440 e. The molecule has 0 amide bonds. The van der Waals surface area contributed by atoms with Gasteiger partial charge in [-0.15, -0.1) is 0 Å². The minimum atomic E-state index is -5.32. The van der Waals surface area contributed by atoms with Gasteiger partial charge in [0.15, 0.2) is 5.82 Å². The Morgan fingerprint density at radius 2 is 1.88 bits per heavy atom. The van der Waals surface area contributed by atoms with Crippen LogP contribution in [-0.4, -0.2) is 9.91 Å². The van der Waals surface area contributed by atoms with Crippen LogP contribution in [0.25, 0.3) is 0 Å². The standard InChI is InChI=1S/C7H2F6N2O2/c8-2-1-14-5(7(11,12)13)4(15(16)17)3(2)6(9)10/h1,6H. The first-order valence-electron chi connectivity index (χ1n) is 3.84. The Kier molecular flexibility index (Phi) is 3.25. The molecule has 0 radical (unpaired) electrons. The Balaban J connectivity index is 3.66. The molecule has 94 valence electrons. The van der Waals surface area contributed by atoms with Crippen molar-refractivity contribution in [2.45, 2.75) is 12.6 Å². The van der Waals surface area contributed by atoms with Gasteiger partial charge in [0.05, 0.1) is 11.1 Å². The molecule has 0 fully saturated rings. The van der Waals surface area contributed by atoms with Crippen LogP contribution in [0.3, 0.4) is 0 Å². The molecular weight excluding hydrogens is 258 g/mol. The average molecular weight is 260 g/mol. The summed E-state index contributed by atoms with van der Waals surface area (Å²) >= 11 is 0. The summed E-state index contributed by atoms with van der Waals surface area (Å²) in [7, 11) is 0. The molecule has 0 spiro atoms. The van der Waals surface area contributed by atoms with Gasteiger partial charge in [0, 0.05) is 0 Å². The lowest BCUT2D eigenvalue weighted by Crippen LogP contribution is -2.14. The Hall–Kier alpha value is -1.87. The predicted octanol–water partition coefficient (Wildman–Crippen LogP) is 3.09. The second-order valence-corrected chi connectivity index (χ2v) is 2.77. The maximum atomic E-state index is 12.8. The van der Waals surface area contributed by atoms with Gasteiger partial charge in [0.25, 0.3) is 6.43 Å². The normalized spacial score (nSPS) is 11.9. The van der Waals surface area contributed by atoms with Crippen molar-refractivity contribution in [3.8, 4) is 0 Å². The number of nitrogens with zero attached hydrogens (tertiary/aromatic N) is 2. The molecule has 0 unspecified atom stereocenters. The van der Waals surface area contributed by atoms with Crippen LogP contribution in [0.5, 0.6) is 0 Å². The van der Waals surface area contributed by atoms with Crippen LogP contribution in [0.2, 0.25) is 0 Å². The average Bonchev–Trinajstić information content (AvgIpc) is 2.14. The van der Waals surface area contributed by atoms with Crippen molar-refractivity contribution in [3.05, 3.63) is 33.4 Å². The van der Waals surface area contributed by atoms with E-state index in [1.165, 1.54) is 0 Å². The third kappa shape index (κ3) is 2.45. The van der Waals surface area contributed by atoms with Crippen LogP contribution in [0, 0.1) is 15.9 Å². The minimum absolute atomic E-state index is 0.128. The van der Waals surface area contributed by atoms with Gasteiger partial charge in [0.2, 0.25) is 5.69 Å². The summed E-state index contributed by atoms with van der Waals surface area (Å²) in [4.78, 5) is 11.0. The largest absolute Gasteiger partial charge is 0.440 e. The van der Waals surface area contributed by atoms with Crippen molar-refractivity contribution >= 4 is 5.69 Å². The number of alkyl halides is 5. The Morgan fingerprint density at radius 1 is 1.35 bits per heavy atom. The maximum absolute atomic E-state index is 12.8. The molecule has 0 aliphatic rings. The molecule has 0 bridgehead atoms. The lowest BCUT2D eigenvalue weighted by atomic mass is 10.1. The first kappa shape index (κ1) is 13.2. The van der Waals surface area contributed by atoms with Crippen LogP contribution in [0.1, 0.15) is 17.7 Å². The molecule has 0 N–H and O–H groups in total. The second-order valence-electron chi connectivity index (χ2n) is 2.77. The molecule has 0 saturated heterocycles. The number of hydrogen-bond acceptors (Lipinski definition) is 3. The van der Waals surface area contributed by atoms with E-state index >= 15 is 0 Å². The van der Waals surface area contributed by atoms with Gasteiger partial charge in [0.1, 0.15) is 5.56 Å². The van der Waals surface area contributed by atoms with Crippen LogP contribution in [0.4, 0.5) is 32.0 Å². The summed E-state index contributed by atoms with van der Waals surface area (Å²) < 4.78 is 74.1. The van der Waals surface area contributed by atoms with Gasteiger partial charge in [-0.1, -0.05) is 0 Å². The SMILES string of the molecule is O=[N+]([O-])c1c(C(F)(F)F)ncc(F)c1C(F)F. The van der Waals surface area contributed by atoms with E-state index in [1.807, 2.05) is 0 Å². The predicted molar refractivity (Wildman–Crippen MR) is 40.8 cm³/mol. The van der Waals surface area contributed by atoms with Crippen molar-refractivity contribution in [1.29, 1.82) is 0 Å². The van der Waals surface area contributed by atoms with Gasteiger partial charge in [-0.05, 0) is 0 Å². The molecular formula is C7H2F6N2O2. The topological polar surface area (TPSA) is 56.0 Å². The number of aromatic nitrogens is 1. The molecule has 0 atom stereocenters. The monoisotopic (exact) mass is 260 g/mol. The lowest BCUT2D eigenvalue weighted by molar-refractivity contribution is -0.390. The Morgan fingerprint density at radius 3 is 2.24 bits per heavy atom. The summed E-state index contributed by atoms with van der Waals surface area (Å²) in [6, 6.07) is 0. The fourth-order valence-electron chi connectivity index (χ4n) is 1.09. The van der Waals surface area contributed by atoms with Gasteiger partial charge >= 0.3 is 11.9 Å². The minimum Gasteiger partial charge on any atom is -0.258 e. The Bertz CT molecular complexity index is 458. The summed E-state index contributed by atoms with van der Waals surface area (Å²) in [5, 5.41) is 10.3. The molecule has 17 heavy (non-hydrogen) atoms. The molecule has 1 rings (SSSR count). The van der Waals surface area contributed by atoms with Crippen LogP contribution in [-0.2, 0) is 6.18 Å². The molecule has 0 saturated carbocycles. The van der Waals surface area contributed by atoms with E-state index in [2.05, 4.69) is 4.98 Å². The molecule has 0 aromatic carbocycles. The molecule has 1 aromatic heterocycles. The number of rotatable bonds is 2. The van der Waals surface area contributed by atoms with Crippen LogP contribution < -0.4 is 0 Å². The lowest BCUT2D eigenvalue weighted by Gasteiger charge is -2.09. The number of nitro groups is 1. The zero-order valence-electron chi connectivity index (χ0n) is 7.63. The smallest absolute Gasteiger partial charge is 0.258 e. The molecule has 4 nitrogen and oxygen atoms in total. The van der Waals surface area contributed by atoms with Gasteiger partial charge in [-0.3, -0.25) is 10.1 Å². The van der Waals surface area contributed by atoms with E-state index in [4.69, 9.17) is 0 Å². The third-order valence-corrected chi connectivity index (χ3v) is 1.71. The third-order valence-electron chi connectivity index (χ3n) is 1.71. The highest BCUT2D eigenvalue weighted by Crippen LogP contribution is 2.40. The van der Waals surface area contributed by atoms with E-state index in [-0.39, 0.29) is 6.20 Å². The molecule has 1 heterocycles. The zero-order chi connectivity index (χ0) is 13.4. The van der Waals surface area contributed by atoms with E-state index in [9.17, 15) is 36.5 Å². The first-order valence-corrected chi connectivity index (χ1v) is 3.84. The first-order chi connectivity index (χ1) is 7.66. The number of hydrogen-bond donors (Lipinski definition) is 0. The molecule has 10 heteroatoms. The fourth-order valence-corrected chi connectivity index (χ4v) is 1.09. The Labute approximate surface area is 89.0 Å². The van der Waals surface area contributed by atoms with Crippen molar-refractivity contribution < 1.29 is 31.3 Å². The molecule has 1 aromatic rings. The van der Waals surface area contributed by atoms with Gasteiger partial charge in [-0.25, -0.2) is 18.2 Å². The fraction of sp³-hybridized carbons (Fsp3) is 0.286. The van der Waals surface area contributed by atoms with Crippen molar-refractivity contribution in [1.82, 2.24) is 4.98 Å². The second kappa shape index (κ2) is 4.18. The molecule has 0 aliphatic carbocycles. The highest BCUT2D eigenvalue weighted by molar-refractivity contribution is 5.46. The summed E-state index contributed by atoms with van der Waals surface area (Å²) in [5.74, 6) is -1.86. The van der Waals surface area contributed by atoms with Crippen LogP contribution in [0.15, 0.2) is 6.20 Å². The van der Waals surface area contributed by atoms with E-state index in [0.717, 1.165) is 0 Å². The quantitative estimate of drug-likeness (QED) is 0.466. The number of pyridine rings is 1. The van der Waals surface area contributed by atoms with Crippen molar-refractivity contribution in [2.24, 2.45) is 0 Å². The van der Waals surface area contributed by atoms with Gasteiger partial charge < -0.3 is 0 Å². The summed E-state index contributed by atoms with van der Waals surface area (Å²) in [6.45, 7) is 0. The molecule has 0 aliphatic heterocycles. The highest BCUT2D eigenvalue weighted by Gasteiger charge is 2.44. The summed E-state index contributed by atoms with van der Waals surface area (Å²) in [6.07, 6.45) is -9.20.